The Morgan fingerprint density at radius 2 is 2.12 bits per heavy atom. The number of hydrogen-bond acceptors (Lipinski definition) is 4. The molecule has 1 aromatic heterocycles. The van der Waals surface area contributed by atoms with Crippen molar-refractivity contribution in [2.24, 2.45) is 0 Å². The van der Waals surface area contributed by atoms with Crippen molar-refractivity contribution >= 4 is 17.5 Å². The molecule has 0 spiro atoms. The van der Waals surface area contributed by atoms with Crippen LogP contribution < -0.4 is 4.74 Å². The van der Waals surface area contributed by atoms with Crippen molar-refractivity contribution in [1.29, 1.82) is 0 Å². The summed E-state index contributed by atoms with van der Waals surface area (Å²) in [5, 5.41) is 8.68. The zero-order valence-corrected chi connectivity index (χ0v) is 9.41. The fraction of sp³-hybridized carbons (Fsp3) is 0.0909. The fourth-order valence-electron chi connectivity index (χ4n) is 1.17. The van der Waals surface area contributed by atoms with Crippen LogP contribution in [0, 0.1) is 5.82 Å². The van der Waals surface area contributed by atoms with Crippen LogP contribution in [0.3, 0.4) is 0 Å². The molecule has 0 amide bonds. The molecule has 17 heavy (non-hydrogen) atoms. The molecule has 0 bridgehead atoms. The number of benzene rings is 1. The van der Waals surface area contributed by atoms with Gasteiger partial charge in [-0.1, -0.05) is 0 Å². The summed E-state index contributed by atoms with van der Waals surface area (Å²) in [5.41, 5.74) is 0.00714. The summed E-state index contributed by atoms with van der Waals surface area (Å²) in [7, 11) is 0. The summed E-state index contributed by atoms with van der Waals surface area (Å²) >= 11 is 1.07. The highest BCUT2D eigenvalue weighted by molar-refractivity contribution is 7.05. The molecule has 0 fully saturated rings. The zero-order valence-electron chi connectivity index (χ0n) is 8.59. The number of carboxylic acids is 1. The van der Waals surface area contributed by atoms with Crippen molar-refractivity contribution in [2.45, 2.75) is 6.61 Å². The number of aromatic nitrogens is 1. The molecule has 1 N–H and O–H groups in total. The maximum Gasteiger partial charge on any atom is 0.355 e. The molecule has 0 aliphatic rings. The quantitative estimate of drug-likeness (QED) is 0.909. The minimum Gasteiger partial charge on any atom is -0.488 e. The first-order chi connectivity index (χ1) is 8.15. The summed E-state index contributed by atoms with van der Waals surface area (Å²) in [4.78, 5) is 11.3. The lowest BCUT2D eigenvalue weighted by Crippen LogP contribution is -1.96. The number of carbonyl (C=O) groups is 1. The van der Waals surface area contributed by atoms with Crippen LogP contribution in [-0.4, -0.2) is 15.4 Å². The molecule has 1 heterocycles. The van der Waals surface area contributed by atoms with E-state index in [1.54, 1.807) is 0 Å². The topological polar surface area (TPSA) is 59.4 Å². The Bertz CT molecular complexity index is 524. The highest BCUT2D eigenvalue weighted by Gasteiger charge is 2.08. The van der Waals surface area contributed by atoms with E-state index in [0.29, 0.717) is 10.6 Å². The lowest BCUT2D eigenvalue weighted by Gasteiger charge is -2.03. The third-order valence-electron chi connectivity index (χ3n) is 1.97. The molecular weight excluding hydrogens is 245 g/mol. The van der Waals surface area contributed by atoms with E-state index in [1.807, 2.05) is 0 Å². The molecule has 0 aliphatic carbocycles. The molecule has 0 unspecified atom stereocenters. The van der Waals surface area contributed by atoms with Gasteiger partial charge in [0.2, 0.25) is 0 Å². The minimum atomic E-state index is -1.06. The van der Waals surface area contributed by atoms with E-state index >= 15 is 0 Å². The number of nitrogens with zero attached hydrogens (tertiary/aromatic N) is 1. The van der Waals surface area contributed by atoms with Gasteiger partial charge in [-0.3, -0.25) is 0 Å². The van der Waals surface area contributed by atoms with Gasteiger partial charge in [-0.2, -0.15) is 4.37 Å². The SMILES string of the molecule is O=C(O)c1cc(COc2ccc(F)cc2)sn1. The Labute approximate surface area is 100 Å². The molecule has 4 nitrogen and oxygen atoms in total. The first kappa shape index (κ1) is 11.5. The van der Waals surface area contributed by atoms with Crippen LogP contribution in [0.1, 0.15) is 15.4 Å². The summed E-state index contributed by atoms with van der Waals surface area (Å²) in [6.07, 6.45) is 0. The van der Waals surface area contributed by atoms with Crippen molar-refractivity contribution in [3.63, 3.8) is 0 Å². The average Bonchev–Trinajstić information content (AvgIpc) is 2.77. The van der Waals surface area contributed by atoms with Gasteiger partial charge in [-0.25, -0.2) is 9.18 Å². The number of rotatable bonds is 4. The molecule has 0 saturated carbocycles. The van der Waals surface area contributed by atoms with E-state index in [4.69, 9.17) is 9.84 Å². The third-order valence-corrected chi connectivity index (χ3v) is 2.73. The maximum absolute atomic E-state index is 12.6. The minimum absolute atomic E-state index is 0.00714. The van der Waals surface area contributed by atoms with Gasteiger partial charge >= 0.3 is 5.97 Å². The molecule has 0 atom stereocenters. The molecular formula is C11H8FNO3S. The van der Waals surface area contributed by atoms with Gasteiger partial charge < -0.3 is 9.84 Å². The largest absolute Gasteiger partial charge is 0.488 e. The van der Waals surface area contributed by atoms with Crippen molar-refractivity contribution in [1.82, 2.24) is 4.37 Å². The molecule has 1 aromatic carbocycles. The predicted molar refractivity (Wildman–Crippen MR) is 59.8 cm³/mol. The molecule has 0 radical (unpaired) electrons. The van der Waals surface area contributed by atoms with Crippen LogP contribution in [-0.2, 0) is 6.61 Å². The van der Waals surface area contributed by atoms with Gasteiger partial charge in [0, 0.05) is 0 Å². The van der Waals surface area contributed by atoms with Crippen molar-refractivity contribution in [3.05, 3.63) is 46.7 Å². The highest BCUT2D eigenvalue weighted by Crippen LogP contribution is 2.16. The van der Waals surface area contributed by atoms with Crippen LogP contribution in [0.25, 0.3) is 0 Å². The molecule has 88 valence electrons. The number of aromatic carboxylic acids is 1. The average molecular weight is 253 g/mol. The Balaban J connectivity index is 1.97. The standard InChI is InChI=1S/C11H8FNO3S/c12-7-1-3-8(4-2-7)16-6-9-5-10(11(14)15)13-17-9/h1-5H,6H2,(H,14,15). The van der Waals surface area contributed by atoms with Gasteiger partial charge in [-0.15, -0.1) is 0 Å². The summed E-state index contributed by atoms with van der Waals surface area (Å²) < 4.78 is 21.7. The Morgan fingerprint density at radius 3 is 2.71 bits per heavy atom. The smallest absolute Gasteiger partial charge is 0.355 e. The second kappa shape index (κ2) is 4.92. The highest BCUT2D eigenvalue weighted by atomic mass is 32.1. The third kappa shape index (κ3) is 3.01. The van der Waals surface area contributed by atoms with E-state index in [2.05, 4.69) is 4.37 Å². The van der Waals surface area contributed by atoms with Crippen molar-refractivity contribution in [3.8, 4) is 5.75 Å². The van der Waals surface area contributed by atoms with E-state index < -0.39 is 5.97 Å². The Kier molecular flexibility index (Phi) is 3.34. The zero-order chi connectivity index (χ0) is 12.3. The summed E-state index contributed by atoms with van der Waals surface area (Å²) in [6.45, 7) is 0.219. The lowest BCUT2D eigenvalue weighted by atomic mass is 10.3. The van der Waals surface area contributed by atoms with Crippen LogP contribution in [0.2, 0.25) is 0 Å². The van der Waals surface area contributed by atoms with Gasteiger partial charge in [0.1, 0.15) is 18.2 Å². The fourth-order valence-corrected chi connectivity index (χ4v) is 1.79. The van der Waals surface area contributed by atoms with Crippen molar-refractivity contribution < 1.29 is 19.0 Å². The monoisotopic (exact) mass is 253 g/mol. The van der Waals surface area contributed by atoms with E-state index in [0.717, 1.165) is 11.5 Å². The lowest BCUT2D eigenvalue weighted by molar-refractivity contribution is 0.0692. The first-order valence-corrected chi connectivity index (χ1v) is 5.50. The van der Waals surface area contributed by atoms with Gasteiger partial charge in [-0.05, 0) is 41.9 Å². The molecule has 0 aliphatic heterocycles. The van der Waals surface area contributed by atoms with Crippen LogP contribution in [0.15, 0.2) is 30.3 Å². The second-order valence-electron chi connectivity index (χ2n) is 3.23. The van der Waals surface area contributed by atoms with Gasteiger partial charge in [0.15, 0.2) is 5.69 Å². The van der Waals surface area contributed by atoms with E-state index in [9.17, 15) is 9.18 Å². The van der Waals surface area contributed by atoms with E-state index in [-0.39, 0.29) is 18.1 Å². The summed E-state index contributed by atoms with van der Waals surface area (Å²) in [5.74, 6) is -0.866. The van der Waals surface area contributed by atoms with Crippen LogP contribution >= 0.6 is 11.5 Å². The number of halogens is 1. The summed E-state index contributed by atoms with van der Waals surface area (Å²) in [6, 6.07) is 7.06. The predicted octanol–water partition coefficient (Wildman–Crippen LogP) is 2.56. The molecule has 2 rings (SSSR count). The number of ether oxygens (including phenoxy) is 1. The van der Waals surface area contributed by atoms with Gasteiger partial charge in [0.05, 0.1) is 4.88 Å². The van der Waals surface area contributed by atoms with Gasteiger partial charge in [0.25, 0.3) is 0 Å². The van der Waals surface area contributed by atoms with Crippen LogP contribution in [0.4, 0.5) is 4.39 Å². The number of hydrogen-bond donors (Lipinski definition) is 1. The maximum atomic E-state index is 12.6. The van der Waals surface area contributed by atoms with Crippen molar-refractivity contribution in [2.75, 3.05) is 0 Å². The first-order valence-electron chi connectivity index (χ1n) is 4.72. The molecule has 6 heteroatoms. The molecule has 0 saturated heterocycles. The van der Waals surface area contributed by atoms with E-state index in [1.165, 1.54) is 30.3 Å². The number of carboxylic acid groups (broad SMARTS) is 1. The van der Waals surface area contributed by atoms with Crippen LogP contribution in [0.5, 0.6) is 5.75 Å². The Hall–Kier alpha value is -1.95. The normalized spacial score (nSPS) is 10.2. The second-order valence-corrected chi connectivity index (χ2v) is 4.12. The Morgan fingerprint density at radius 1 is 1.41 bits per heavy atom. The molecule has 2 aromatic rings.